The minimum Gasteiger partial charge on any atom is -0.399 e. The fourth-order valence-electron chi connectivity index (χ4n) is 2.66. The van der Waals surface area contributed by atoms with E-state index >= 15 is 0 Å². The molecule has 0 saturated carbocycles. The molecule has 104 valence electrons. The molecule has 1 aliphatic rings. The van der Waals surface area contributed by atoms with Crippen LogP contribution < -0.4 is 5.73 Å². The molecule has 0 spiro atoms. The summed E-state index contributed by atoms with van der Waals surface area (Å²) in [6.07, 6.45) is 7.13. The fourth-order valence-corrected chi connectivity index (χ4v) is 2.66. The van der Waals surface area contributed by atoms with Crippen molar-refractivity contribution in [1.29, 1.82) is 0 Å². The van der Waals surface area contributed by atoms with Crippen LogP contribution in [0.2, 0.25) is 0 Å². The van der Waals surface area contributed by atoms with Crippen LogP contribution in [0.4, 0.5) is 5.69 Å². The van der Waals surface area contributed by atoms with E-state index < -0.39 is 0 Å². The molecule has 0 bridgehead atoms. The van der Waals surface area contributed by atoms with E-state index in [1.807, 2.05) is 23.1 Å². The Labute approximate surface area is 115 Å². The van der Waals surface area contributed by atoms with Crippen molar-refractivity contribution in [2.75, 3.05) is 18.8 Å². The van der Waals surface area contributed by atoms with Crippen molar-refractivity contribution in [2.24, 2.45) is 0 Å². The zero-order valence-electron chi connectivity index (χ0n) is 11.8. The summed E-state index contributed by atoms with van der Waals surface area (Å²) in [6.45, 7) is 3.95. The van der Waals surface area contributed by atoms with Gasteiger partial charge in [0.05, 0.1) is 0 Å². The summed E-state index contributed by atoms with van der Waals surface area (Å²) in [5.41, 5.74) is 8.40. The highest BCUT2D eigenvalue weighted by atomic mass is 16.2. The summed E-state index contributed by atoms with van der Waals surface area (Å²) in [4.78, 5) is 14.3. The molecular weight excluding hydrogens is 236 g/mol. The first-order valence-electron chi connectivity index (χ1n) is 7.40. The van der Waals surface area contributed by atoms with Gasteiger partial charge in [0.15, 0.2) is 0 Å². The van der Waals surface area contributed by atoms with E-state index in [4.69, 9.17) is 5.73 Å². The van der Waals surface area contributed by atoms with Crippen molar-refractivity contribution in [3.8, 4) is 0 Å². The van der Waals surface area contributed by atoms with Gasteiger partial charge in [0.2, 0.25) is 0 Å². The first-order chi connectivity index (χ1) is 9.22. The zero-order valence-corrected chi connectivity index (χ0v) is 11.8. The number of anilines is 1. The molecule has 0 saturated heterocycles. The van der Waals surface area contributed by atoms with Crippen LogP contribution in [0.3, 0.4) is 0 Å². The molecule has 1 aromatic rings. The number of hydrogen-bond donors (Lipinski definition) is 1. The summed E-state index contributed by atoms with van der Waals surface area (Å²) in [5.74, 6) is 0.157. The van der Waals surface area contributed by atoms with Crippen LogP contribution in [0, 0.1) is 0 Å². The lowest BCUT2D eigenvalue weighted by atomic mass is 9.98. The normalized spacial score (nSPS) is 14.6. The largest absolute Gasteiger partial charge is 0.399 e. The zero-order chi connectivity index (χ0) is 13.7. The van der Waals surface area contributed by atoms with Crippen LogP contribution in [0.5, 0.6) is 0 Å². The van der Waals surface area contributed by atoms with Crippen LogP contribution in [-0.2, 0) is 6.42 Å². The van der Waals surface area contributed by atoms with Crippen molar-refractivity contribution in [2.45, 2.75) is 45.4 Å². The Kier molecular flexibility index (Phi) is 4.83. The second-order valence-corrected chi connectivity index (χ2v) is 5.37. The maximum Gasteiger partial charge on any atom is 0.254 e. The Morgan fingerprint density at radius 3 is 2.79 bits per heavy atom. The molecule has 1 aromatic carbocycles. The van der Waals surface area contributed by atoms with E-state index in [1.165, 1.54) is 25.7 Å². The van der Waals surface area contributed by atoms with Gasteiger partial charge in [0.1, 0.15) is 0 Å². The number of fused-ring (bicyclic) bond motifs is 1. The van der Waals surface area contributed by atoms with Gasteiger partial charge in [0, 0.05) is 24.3 Å². The minimum atomic E-state index is 0.157. The second kappa shape index (κ2) is 6.60. The van der Waals surface area contributed by atoms with E-state index in [0.29, 0.717) is 5.69 Å². The molecular formula is C16H24N2O. The molecule has 1 aliphatic heterocycles. The van der Waals surface area contributed by atoms with Gasteiger partial charge in [-0.15, -0.1) is 0 Å². The predicted octanol–water partition coefficient (Wildman–Crippen LogP) is 3.24. The average molecular weight is 260 g/mol. The molecule has 0 unspecified atom stereocenters. The Morgan fingerprint density at radius 1 is 1.21 bits per heavy atom. The number of rotatable bonds is 6. The van der Waals surface area contributed by atoms with Crippen LogP contribution in [0.1, 0.15) is 54.9 Å². The minimum absolute atomic E-state index is 0.157. The summed E-state index contributed by atoms with van der Waals surface area (Å²) < 4.78 is 0. The third kappa shape index (κ3) is 3.49. The van der Waals surface area contributed by atoms with E-state index in [-0.39, 0.29) is 5.91 Å². The number of nitrogens with two attached hydrogens (primary N) is 1. The predicted molar refractivity (Wildman–Crippen MR) is 79.2 cm³/mol. The van der Waals surface area contributed by atoms with Crippen molar-refractivity contribution in [3.63, 3.8) is 0 Å². The number of amides is 1. The summed E-state index contributed by atoms with van der Waals surface area (Å²) in [5, 5.41) is 0. The molecule has 1 heterocycles. The van der Waals surface area contributed by atoms with Crippen LogP contribution >= 0.6 is 0 Å². The third-order valence-electron chi connectivity index (χ3n) is 3.83. The molecule has 3 heteroatoms. The van der Waals surface area contributed by atoms with Gasteiger partial charge in [-0.2, -0.15) is 0 Å². The van der Waals surface area contributed by atoms with Crippen LogP contribution in [0.15, 0.2) is 18.2 Å². The molecule has 2 rings (SSSR count). The highest BCUT2D eigenvalue weighted by Crippen LogP contribution is 2.21. The third-order valence-corrected chi connectivity index (χ3v) is 3.83. The van der Waals surface area contributed by atoms with Crippen molar-refractivity contribution >= 4 is 11.6 Å². The molecule has 2 N–H and O–H groups in total. The Hall–Kier alpha value is -1.51. The van der Waals surface area contributed by atoms with Gasteiger partial charge in [-0.25, -0.2) is 0 Å². The summed E-state index contributed by atoms with van der Waals surface area (Å²) >= 11 is 0. The first kappa shape index (κ1) is 13.9. The molecule has 1 amide bonds. The van der Waals surface area contributed by atoms with Gasteiger partial charge in [-0.3, -0.25) is 4.79 Å². The van der Waals surface area contributed by atoms with E-state index in [9.17, 15) is 4.79 Å². The lowest BCUT2D eigenvalue weighted by Gasteiger charge is -2.28. The van der Waals surface area contributed by atoms with Gasteiger partial charge in [-0.05, 0) is 30.5 Å². The molecule has 0 radical (unpaired) electrons. The highest BCUT2D eigenvalue weighted by molar-refractivity contribution is 5.97. The van der Waals surface area contributed by atoms with Crippen molar-refractivity contribution in [3.05, 3.63) is 29.3 Å². The number of nitrogens with zero attached hydrogens (tertiary/aromatic N) is 1. The van der Waals surface area contributed by atoms with Gasteiger partial charge in [-0.1, -0.05) is 38.7 Å². The SMILES string of the molecule is CCCCCCCN1CCc2ccc(N)cc2C1=O. The van der Waals surface area contributed by atoms with E-state index in [0.717, 1.165) is 37.1 Å². The number of benzene rings is 1. The second-order valence-electron chi connectivity index (χ2n) is 5.37. The Morgan fingerprint density at radius 2 is 2.00 bits per heavy atom. The molecule has 0 aliphatic carbocycles. The average Bonchev–Trinajstić information content (AvgIpc) is 2.41. The highest BCUT2D eigenvalue weighted by Gasteiger charge is 2.23. The number of carbonyl (C=O) groups is 1. The summed E-state index contributed by atoms with van der Waals surface area (Å²) in [6, 6.07) is 5.69. The number of unbranched alkanes of at least 4 members (excludes halogenated alkanes) is 4. The molecule has 19 heavy (non-hydrogen) atoms. The maximum absolute atomic E-state index is 12.4. The first-order valence-corrected chi connectivity index (χ1v) is 7.40. The standard InChI is InChI=1S/C16H24N2O/c1-2-3-4-5-6-10-18-11-9-13-7-8-14(17)12-15(13)16(18)19/h7-8,12H,2-6,9-11,17H2,1H3. The van der Waals surface area contributed by atoms with Crippen LogP contribution in [-0.4, -0.2) is 23.9 Å². The molecule has 0 aromatic heterocycles. The lowest BCUT2D eigenvalue weighted by Crippen LogP contribution is -2.38. The van der Waals surface area contributed by atoms with Crippen LogP contribution in [0.25, 0.3) is 0 Å². The van der Waals surface area contributed by atoms with E-state index in [1.54, 1.807) is 0 Å². The van der Waals surface area contributed by atoms with Gasteiger partial charge in [0.25, 0.3) is 5.91 Å². The topological polar surface area (TPSA) is 46.3 Å². The van der Waals surface area contributed by atoms with E-state index in [2.05, 4.69) is 6.92 Å². The monoisotopic (exact) mass is 260 g/mol. The Balaban J connectivity index is 1.90. The molecule has 0 atom stereocenters. The quantitative estimate of drug-likeness (QED) is 0.630. The lowest BCUT2D eigenvalue weighted by molar-refractivity contribution is 0.0736. The van der Waals surface area contributed by atoms with Crippen molar-refractivity contribution in [1.82, 2.24) is 4.90 Å². The van der Waals surface area contributed by atoms with Gasteiger partial charge < -0.3 is 10.6 Å². The van der Waals surface area contributed by atoms with Gasteiger partial charge >= 0.3 is 0 Å². The van der Waals surface area contributed by atoms with Crippen molar-refractivity contribution < 1.29 is 4.79 Å². The summed E-state index contributed by atoms with van der Waals surface area (Å²) in [7, 11) is 0. The Bertz CT molecular complexity index is 442. The fraction of sp³-hybridized carbons (Fsp3) is 0.562. The smallest absolute Gasteiger partial charge is 0.254 e. The number of carbonyl (C=O) groups excluding carboxylic acids is 1. The number of hydrogen-bond acceptors (Lipinski definition) is 2. The molecule has 0 fully saturated rings. The molecule has 3 nitrogen and oxygen atoms in total. The number of nitrogen functional groups attached to an aromatic ring is 1. The maximum atomic E-state index is 12.4.